The van der Waals surface area contributed by atoms with Gasteiger partial charge in [0.05, 0.1) is 0 Å². The zero-order chi connectivity index (χ0) is 12.3. The first-order valence-electron chi connectivity index (χ1n) is 6.19. The highest BCUT2D eigenvalue weighted by molar-refractivity contribution is 5.78. The molecule has 0 spiro atoms. The molecule has 1 saturated carbocycles. The maximum Gasteiger partial charge on any atom is 0.223 e. The lowest BCUT2D eigenvalue weighted by Gasteiger charge is -2.11. The van der Waals surface area contributed by atoms with Crippen molar-refractivity contribution in [1.82, 2.24) is 5.32 Å². The minimum absolute atomic E-state index is 0.101. The maximum absolute atomic E-state index is 13.3. The number of hydrogen-bond acceptors (Lipinski definition) is 1. The van der Waals surface area contributed by atoms with Crippen molar-refractivity contribution < 1.29 is 9.18 Å². The first kappa shape index (κ1) is 12.1. The average molecular weight is 235 g/mol. The molecule has 92 valence electrons. The Labute approximate surface area is 101 Å². The molecule has 1 aliphatic carbocycles. The van der Waals surface area contributed by atoms with Crippen LogP contribution in [0.3, 0.4) is 0 Å². The Kier molecular flexibility index (Phi) is 3.77. The van der Waals surface area contributed by atoms with Crippen LogP contribution in [0.5, 0.6) is 0 Å². The van der Waals surface area contributed by atoms with Crippen LogP contribution in [0.4, 0.5) is 4.39 Å². The lowest BCUT2D eigenvalue weighted by Crippen LogP contribution is -2.31. The number of amides is 1. The van der Waals surface area contributed by atoms with Crippen molar-refractivity contribution in [2.45, 2.75) is 26.2 Å². The molecule has 17 heavy (non-hydrogen) atoms. The average Bonchev–Trinajstić information content (AvgIpc) is 3.14. The fourth-order valence-electron chi connectivity index (χ4n) is 1.99. The van der Waals surface area contributed by atoms with Crippen LogP contribution in [0.1, 0.15) is 25.3 Å². The molecular weight excluding hydrogens is 217 g/mol. The van der Waals surface area contributed by atoms with Gasteiger partial charge < -0.3 is 5.32 Å². The predicted octanol–water partition coefficient (Wildman–Crippen LogP) is 2.53. The van der Waals surface area contributed by atoms with E-state index in [4.69, 9.17) is 0 Å². The standard InChI is InChI=1S/C14H18FNO/c1-10(11-6-7-11)14(17)16-9-8-12-4-2-3-5-13(12)15/h2-5,10-11H,6-9H2,1H3,(H,16,17). The molecule has 2 nitrogen and oxygen atoms in total. The summed E-state index contributed by atoms with van der Waals surface area (Å²) in [6.07, 6.45) is 2.89. The summed E-state index contributed by atoms with van der Waals surface area (Å²) in [6, 6.07) is 6.69. The van der Waals surface area contributed by atoms with E-state index in [2.05, 4.69) is 5.32 Å². The van der Waals surface area contributed by atoms with Gasteiger partial charge in [-0.2, -0.15) is 0 Å². The van der Waals surface area contributed by atoms with Gasteiger partial charge in [0.2, 0.25) is 5.91 Å². The van der Waals surface area contributed by atoms with Crippen LogP contribution in [-0.4, -0.2) is 12.5 Å². The summed E-state index contributed by atoms with van der Waals surface area (Å²) < 4.78 is 13.3. The summed E-state index contributed by atoms with van der Waals surface area (Å²) in [5, 5.41) is 2.87. The molecule has 1 atom stereocenters. The Morgan fingerprint density at radius 3 is 2.82 bits per heavy atom. The van der Waals surface area contributed by atoms with E-state index in [1.54, 1.807) is 12.1 Å². The molecule has 1 fully saturated rings. The van der Waals surface area contributed by atoms with Gasteiger partial charge in [0, 0.05) is 12.5 Å². The summed E-state index contributed by atoms with van der Waals surface area (Å²) in [5.41, 5.74) is 0.659. The van der Waals surface area contributed by atoms with Crippen molar-refractivity contribution in [1.29, 1.82) is 0 Å². The molecule has 0 saturated heterocycles. The molecule has 2 rings (SSSR count). The summed E-state index contributed by atoms with van der Waals surface area (Å²) in [6.45, 7) is 2.48. The van der Waals surface area contributed by atoms with Crippen molar-refractivity contribution in [3.63, 3.8) is 0 Å². The second-order valence-electron chi connectivity index (χ2n) is 4.76. The van der Waals surface area contributed by atoms with Crippen LogP contribution in [0, 0.1) is 17.7 Å². The summed E-state index contributed by atoms with van der Waals surface area (Å²) in [5.74, 6) is 0.583. The highest BCUT2D eigenvalue weighted by atomic mass is 19.1. The Morgan fingerprint density at radius 2 is 2.18 bits per heavy atom. The van der Waals surface area contributed by atoms with Gasteiger partial charge in [0.1, 0.15) is 5.82 Å². The molecule has 0 heterocycles. The SMILES string of the molecule is CC(C(=O)NCCc1ccccc1F)C1CC1. The monoisotopic (exact) mass is 235 g/mol. The zero-order valence-electron chi connectivity index (χ0n) is 10.1. The molecule has 0 radical (unpaired) electrons. The predicted molar refractivity (Wildman–Crippen MR) is 65.0 cm³/mol. The number of nitrogens with one attached hydrogen (secondary N) is 1. The third-order valence-electron chi connectivity index (χ3n) is 3.39. The number of benzene rings is 1. The van der Waals surface area contributed by atoms with E-state index in [0.717, 1.165) is 0 Å². The van der Waals surface area contributed by atoms with Gasteiger partial charge in [-0.15, -0.1) is 0 Å². The molecular formula is C14H18FNO. The normalized spacial score (nSPS) is 16.6. The first-order chi connectivity index (χ1) is 8.18. The second kappa shape index (κ2) is 5.30. The largest absolute Gasteiger partial charge is 0.356 e. The second-order valence-corrected chi connectivity index (χ2v) is 4.76. The smallest absolute Gasteiger partial charge is 0.223 e. The van der Waals surface area contributed by atoms with E-state index in [1.807, 2.05) is 13.0 Å². The van der Waals surface area contributed by atoms with E-state index in [9.17, 15) is 9.18 Å². The minimum atomic E-state index is -0.197. The van der Waals surface area contributed by atoms with Crippen LogP contribution in [0.15, 0.2) is 24.3 Å². The molecule has 1 aromatic carbocycles. The highest BCUT2D eigenvalue weighted by Crippen LogP contribution is 2.36. The van der Waals surface area contributed by atoms with Crippen LogP contribution in [0.2, 0.25) is 0 Å². The lowest BCUT2D eigenvalue weighted by atomic mass is 10.1. The van der Waals surface area contributed by atoms with Crippen molar-refractivity contribution in [2.75, 3.05) is 6.54 Å². The number of carbonyl (C=O) groups excluding carboxylic acids is 1. The van der Waals surface area contributed by atoms with Crippen molar-refractivity contribution >= 4 is 5.91 Å². The number of rotatable bonds is 5. The van der Waals surface area contributed by atoms with Crippen LogP contribution in [0.25, 0.3) is 0 Å². The number of halogens is 1. The van der Waals surface area contributed by atoms with Crippen LogP contribution in [-0.2, 0) is 11.2 Å². The van der Waals surface area contributed by atoms with E-state index in [0.29, 0.717) is 24.4 Å². The third kappa shape index (κ3) is 3.29. The molecule has 1 unspecified atom stereocenters. The van der Waals surface area contributed by atoms with Gasteiger partial charge >= 0.3 is 0 Å². The zero-order valence-corrected chi connectivity index (χ0v) is 10.1. The van der Waals surface area contributed by atoms with Crippen molar-refractivity contribution in [3.05, 3.63) is 35.6 Å². The highest BCUT2D eigenvalue weighted by Gasteiger charge is 2.32. The Bertz CT molecular complexity index is 401. The first-order valence-corrected chi connectivity index (χ1v) is 6.19. The number of hydrogen-bond donors (Lipinski definition) is 1. The molecule has 1 amide bonds. The molecule has 0 bridgehead atoms. The van der Waals surface area contributed by atoms with E-state index < -0.39 is 0 Å². The quantitative estimate of drug-likeness (QED) is 0.835. The van der Waals surface area contributed by atoms with E-state index in [1.165, 1.54) is 18.9 Å². The number of carbonyl (C=O) groups is 1. The van der Waals surface area contributed by atoms with Crippen molar-refractivity contribution in [2.24, 2.45) is 11.8 Å². The minimum Gasteiger partial charge on any atom is -0.356 e. The van der Waals surface area contributed by atoms with Crippen molar-refractivity contribution in [3.8, 4) is 0 Å². The van der Waals surface area contributed by atoms with Gasteiger partial charge in [-0.05, 0) is 36.8 Å². The molecule has 0 aliphatic heterocycles. The molecule has 1 aliphatic rings. The van der Waals surface area contributed by atoms with Gasteiger partial charge in [-0.25, -0.2) is 4.39 Å². The topological polar surface area (TPSA) is 29.1 Å². The Hall–Kier alpha value is -1.38. The fraction of sp³-hybridized carbons (Fsp3) is 0.500. The van der Waals surface area contributed by atoms with E-state index >= 15 is 0 Å². The molecule has 1 aromatic rings. The van der Waals surface area contributed by atoms with E-state index in [-0.39, 0.29) is 17.6 Å². The summed E-state index contributed by atoms with van der Waals surface area (Å²) >= 11 is 0. The van der Waals surface area contributed by atoms with Gasteiger partial charge in [-0.3, -0.25) is 4.79 Å². The Balaban J connectivity index is 1.75. The van der Waals surface area contributed by atoms with Gasteiger partial charge in [-0.1, -0.05) is 25.1 Å². The maximum atomic E-state index is 13.3. The molecule has 1 N–H and O–H groups in total. The van der Waals surface area contributed by atoms with Crippen LogP contribution >= 0.6 is 0 Å². The summed E-state index contributed by atoms with van der Waals surface area (Å²) in [7, 11) is 0. The van der Waals surface area contributed by atoms with Gasteiger partial charge in [0.25, 0.3) is 0 Å². The summed E-state index contributed by atoms with van der Waals surface area (Å²) in [4.78, 5) is 11.7. The third-order valence-corrected chi connectivity index (χ3v) is 3.39. The van der Waals surface area contributed by atoms with Crippen LogP contribution < -0.4 is 5.32 Å². The molecule has 3 heteroatoms. The van der Waals surface area contributed by atoms with Gasteiger partial charge in [0.15, 0.2) is 0 Å². The molecule has 0 aromatic heterocycles. The lowest BCUT2D eigenvalue weighted by molar-refractivity contribution is -0.125. The fourth-order valence-corrected chi connectivity index (χ4v) is 1.99. The Morgan fingerprint density at radius 1 is 1.47 bits per heavy atom.